The number of fused-ring (bicyclic) bond motifs is 1. The number of aromatic nitrogens is 2. The minimum Gasteiger partial charge on any atom is -0.497 e. The number of nitrogens with zero attached hydrogens (tertiary/aromatic N) is 2. The van der Waals surface area contributed by atoms with Gasteiger partial charge >= 0.3 is 0 Å². The summed E-state index contributed by atoms with van der Waals surface area (Å²) in [4.78, 5) is 18.2. The Hall–Kier alpha value is -3.12. The van der Waals surface area contributed by atoms with E-state index in [-0.39, 0.29) is 5.91 Å². The highest BCUT2D eigenvalue weighted by atomic mass is 32.1. The summed E-state index contributed by atoms with van der Waals surface area (Å²) in [6, 6.07) is 13.7. The largest absolute Gasteiger partial charge is 0.497 e. The molecule has 0 spiro atoms. The number of rotatable bonds is 4. The predicted octanol–water partition coefficient (Wildman–Crippen LogP) is 4.94. The molecule has 1 N–H and O–H groups in total. The fourth-order valence-electron chi connectivity index (χ4n) is 2.93. The van der Waals surface area contributed by atoms with E-state index in [4.69, 9.17) is 4.74 Å². The fraction of sp³-hybridized carbons (Fsp3) is 0.143. The minimum atomic E-state index is -0.149. The lowest BCUT2D eigenvalue weighted by atomic mass is 10.1. The maximum absolute atomic E-state index is 12.8. The molecule has 0 aliphatic carbocycles. The van der Waals surface area contributed by atoms with Crippen LogP contribution < -0.4 is 10.1 Å². The Morgan fingerprint density at radius 2 is 2.04 bits per heavy atom. The van der Waals surface area contributed by atoms with Gasteiger partial charge in [-0.1, -0.05) is 24.3 Å². The average Bonchev–Trinajstić information content (AvgIpc) is 3.25. The Bertz CT molecular complexity index is 1140. The van der Waals surface area contributed by atoms with E-state index in [1.165, 1.54) is 11.3 Å². The number of carbonyl (C=O) groups excluding carboxylic acids is 1. The van der Waals surface area contributed by atoms with Gasteiger partial charge in [0.15, 0.2) is 4.96 Å². The van der Waals surface area contributed by atoms with Gasteiger partial charge in [-0.25, -0.2) is 4.98 Å². The van der Waals surface area contributed by atoms with Gasteiger partial charge in [0.2, 0.25) is 0 Å². The zero-order chi connectivity index (χ0) is 19.0. The lowest BCUT2D eigenvalue weighted by molar-refractivity contribution is 0.102. The minimum absolute atomic E-state index is 0.149. The molecule has 0 aliphatic heterocycles. The van der Waals surface area contributed by atoms with Crippen molar-refractivity contribution in [3.05, 3.63) is 70.9 Å². The Kier molecular flexibility index (Phi) is 4.41. The third-order valence-corrected chi connectivity index (χ3v) is 5.29. The van der Waals surface area contributed by atoms with Crippen molar-refractivity contribution < 1.29 is 9.53 Å². The fourth-order valence-corrected chi connectivity index (χ4v) is 3.78. The number of nitrogens with one attached hydrogen (secondary N) is 1. The molecule has 0 unspecified atom stereocenters. The van der Waals surface area contributed by atoms with E-state index in [1.807, 2.05) is 72.3 Å². The normalized spacial score (nSPS) is 10.9. The molecule has 0 bridgehead atoms. The number of carbonyl (C=O) groups is 1. The Morgan fingerprint density at radius 3 is 2.85 bits per heavy atom. The predicted molar refractivity (Wildman–Crippen MR) is 109 cm³/mol. The number of anilines is 1. The highest BCUT2D eigenvalue weighted by Gasteiger charge is 2.16. The van der Waals surface area contributed by atoms with Crippen molar-refractivity contribution in [2.24, 2.45) is 0 Å². The van der Waals surface area contributed by atoms with Gasteiger partial charge in [-0.15, -0.1) is 11.3 Å². The van der Waals surface area contributed by atoms with Crippen LogP contribution in [0.25, 0.3) is 16.2 Å². The number of hydrogen-bond donors (Lipinski definition) is 1. The molecule has 4 rings (SSSR count). The van der Waals surface area contributed by atoms with Crippen molar-refractivity contribution >= 4 is 27.9 Å². The van der Waals surface area contributed by atoms with Gasteiger partial charge in [-0.3, -0.25) is 9.20 Å². The lowest BCUT2D eigenvalue weighted by Gasteiger charge is -2.08. The molecule has 136 valence electrons. The molecule has 6 heteroatoms. The van der Waals surface area contributed by atoms with Crippen LogP contribution in [-0.2, 0) is 0 Å². The molecule has 0 aliphatic rings. The third-order valence-electron chi connectivity index (χ3n) is 4.45. The second-order valence-corrected chi connectivity index (χ2v) is 7.24. The van der Waals surface area contributed by atoms with Crippen LogP contribution in [0, 0.1) is 13.8 Å². The van der Waals surface area contributed by atoms with Crippen molar-refractivity contribution in [3.8, 4) is 17.0 Å². The molecule has 0 saturated heterocycles. The van der Waals surface area contributed by atoms with Gasteiger partial charge in [0, 0.05) is 22.8 Å². The lowest BCUT2D eigenvalue weighted by Crippen LogP contribution is -2.14. The van der Waals surface area contributed by atoms with E-state index >= 15 is 0 Å². The van der Waals surface area contributed by atoms with Crippen LogP contribution in [0.4, 0.5) is 5.69 Å². The SMILES string of the molecule is COc1cccc(-c2cn3c(C(=O)Nc4cc(C)ccc4C)csc3n2)c1. The smallest absolute Gasteiger partial charge is 0.273 e. The highest BCUT2D eigenvalue weighted by Crippen LogP contribution is 2.27. The van der Waals surface area contributed by atoms with Gasteiger partial charge in [0.25, 0.3) is 5.91 Å². The summed E-state index contributed by atoms with van der Waals surface area (Å²) < 4.78 is 7.12. The molecule has 5 nitrogen and oxygen atoms in total. The maximum atomic E-state index is 12.8. The number of hydrogen-bond acceptors (Lipinski definition) is 4. The van der Waals surface area contributed by atoms with Gasteiger partial charge in [0.1, 0.15) is 11.4 Å². The summed E-state index contributed by atoms with van der Waals surface area (Å²) in [5.74, 6) is 0.626. The highest BCUT2D eigenvalue weighted by molar-refractivity contribution is 7.15. The molecular weight excluding hydrogens is 358 g/mol. The molecule has 2 heterocycles. The number of amides is 1. The number of ether oxygens (including phenoxy) is 1. The Morgan fingerprint density at radius 1 is 1.19 bits per heavy atom. The summed E-state index contributed by atoms with van der Waals surface area (Å²) in [5, 5.41) is 4.84. The zero-order valence-corrected chi connectivity index (χ0v) is 16.1. The first-order chi connectivity index (χ1) is 13.0. The van der Waals surface area contributed by atoms with Crippen molar-refractivity contribution in [2.75, 3.05) is 12.4 Å². The molecule has 2 aromatic heterocycles. The van der Waals surface area contributed by atoms with Crippen molar-refractivity contribution in [2.45, 2.75) is 13.8 Å². The number of aryl methyl sites for hydroxylation is 2. The number of imidazole rings is 1. The Balaban J connectivity index is 1.67. The third kappa shape index (κ3) is 3.31. The van der Waals surface area contributed by atoms with Crippen LogP contribution in [0.1, 0.15) is 21.6 Å². The van der Waals surface area contributed by atoms with Gasteiger partial charge in [-0.05, 0) is 43.2 Å². The van der Waals surface area contributed by atoms with Gasteiger partial charge < -0.3 is 10.1 Å². The molecule has 0 radical (unpaired) electrons. The van der Waals surface area contributed by atoms with Crippen LogP contribution in [0.2, 0.25) is 0 Å². The average molecular weight is 377 g/mol. The van der Waals surface area contributed by atoms with Crippen LogP contribution in [0.3, 0.4) is 0 Å². The number of methoxy groups -OCH3 is 1. The van der Waals surface area contributed by atoms with Gasteiger partial charge in [0.05, 0.1) is 12.8 Å². The van der Waals surface area contributed by atoms with Crippen LogP contribution in [-0.4, -0.2) is 22.4 Å². The Labute approximate surface area is 161 Å². The molecule has 1 amide bonds. The standard InChI is InChI=1S/C21H19N3O2S/c1-13-7-8-14(2)17(9-13)22-20(25)19-12-27-21-23-18(11-24(19)21)15-5-4-6-16(10-15)26-3/h4-12H,1-3H3,(H,22,25). The van der Waals surface area contributed by atoms with E-state index in [0.29, 0.717) is 5.69 Å². The topological polar surface area (TPSA) is 55.6 Å². The number of benzene rings is 2. The first-order valence-corrected chi connectivity index (χ1v) is 9.43. The van der Waals surface area contributed by atoms with E-state index in [0.717, 1.165) is 38.8 Å². The first kappa shape index (κ1) is 17.3. The van der Waals surface area contributed by atoms with E-state index < -0.39 is 0 Å². The van der Waals surface area contributed by atoms with Crippen LogP contribution >= 0.6 is 11.3 Å². The van der Waals surface area contributed by atoms with Crippen LogP contribution in [0.15, 0.2) is 54.0 Å². The summed E-state index contributed by atoms with van der Waals surface area (Å²) >= 11 is 1.45. The van der Waals surface area contributed by atoms with Crippen molar-refractivity contribution in [1.82, 2.24) is 9.38 Å². The van der Waals surface area contributed by atoms with Crippen molar-refractivity contribution in [3.63, 3.8) is 0 Å². The molecule has 2 aromatic carbocycles. The second kappa shape index (κ2) is 6.89. The summed E-state index contributed by atoms with van der Waals surface area (Å²) in [6.07, 6.45) is 1.89. The van der Waals surface area contributed by atoms with Gasteiger partial charge in [-0.2, -0.15) is 0 Å². The van der Waals surface area contributed by atoms with E-state index in [1.54, 1.807) is 7.11 Å². The molecular formula is C21H19N3O2S. The summed E-state index contributed by atoms with van der Waals surface area (Å²) in [5.41, 5.74) is 5.29. The molecule has 0 atom stereocenters. The second-order valence-electron chi connectivity index (χ2n) is 6.40. The maximum Gasteiger partial charge on any atom is 0.273 e. The summed E-state index contributed by atoms with van der Waals surface area (Å²) in [6.45, 7) is 3.99. The quantitative estimate of drug-likeness (QED) is 0.548. The molecule has 27 heavy (non-hydrogen) atoms. The molecule has 4 aromatic rings. The monoisotopic (exact) mass is 377 g/mol. The van der Waals surface area contributed by atoms with E-state index in [2.05, 4.69) is 10.3 Å². The van der Waals surface area contributed by atoms with Crippen LogP contribution in [0.5, 0.6) is 5.75 Å². The molecule has 0 saturated carbocycles. The number of thiazole rings is 1. The van der Waals surface area contributed by atoms with Crippen molar-refractivity contribution in [1.29, 1.82) is 0 Å². The first-order valence-electron chi connectivity index (χ1n) is 8.55. The summed E-state index contributed by atoms with van der Waals surface area (Å²) in [7, 11) is 1.64. The molecule has 0 fully saturated rings. The zero-order valence-electron chi connectivity index (χ0n) is 15.3. The van der Waals surface area contributed by atoms with E-state index in [9.17, 15) is 4.79 Å².